The van der Waals surface area contributed by atoms with Crippen molar-refractivity contribution in [3.8, 4) is 0 Å². The van der Waals surface area contributed by atoms with Crippen LogP contribution in [0.5, 0.6) is 0 Å². The highest BCUT2D eigenvalue weighted by Crippen LogP contribution is 2.28. The summed E-state index contributed by atoms with van der Waals surface area (Å²) in [5.41, 5.74) is 1.11. The first-order valence-electron chi connectivity index (χ1n) is 11.7. The van der Waals surface area contributed by atoms with Gasteiger partial charge in [0.15, 0.2) is 0 Å². The number of nitro benzene ring substituents is 1. The maximum Gasteiger partial charge on any atom is 0.339 e. The molecule has 186 valence electrons. The lowest BCUT2D eigenvalue weighted by atomic mass is 10.1. The number of nitrogens with one attached hydrogen (secondary N) is 1. The number of rotatable bonds is 6. The monoisotopic (exact) mass is 498 g/mol. The molecule has 0 fully saturated rings. The van der Waals surface area contributed by atoms with E-state index in [4.69, 9.17) is 4.74 Å². The molecule has 0 radical (unpaired) electrons. The second-order valence-electron chi connectivity index (χ2n) is 8.78. The summed E-state index contributed by atoms with van der Waals surface area (Å²) in [5, 5.41) is 14.4. The van der Waals surface area contributed by atoms with Crippen molar-refractivity contribution in [1.82, 2.24) is 9.55 Å². The van der Waals surface area contributed by atoms with Crippen molar-refractivity contribution in [1.29, 1.82) is 0 Å². The molecule has 4 aromatic rings. The predicted molar refractivity (Wildman–Crippen MR) is 135 cm³/mol. The summed E-state index contributed by atoms with van der Waals surface area (Å²) in [6.07, 6.45) is 0.130. The number of esters is 1. The summed E-state index contributed by atoms with van der Waals surface area (Å²) in [6.45, 7) is 2.32. The van der Waals surface area contributed by atoms with Gasteiger partial charge in [0, 0.05) is 24.6 Å². The number of aryl methyl sites for hydroxylation is 2. The van der Waals surface area contributed by atoms with Gasteiger partial charge in [0.1, 0.15) is 11.5 Å². The number of amides is 1. The standard InChI is InChI=1S/C27H22N4O6/c1-16-9-12-20(22(14-16)31(35)36)29-25(32)24(17-6-3-2-4-7-17)37-27(34)18-10-11-19-21(15-18)28-23-8-5-13-30(23)26(19)33/h2-4,6-7,9-12,14-15,24H,5,8,13H2,1H3,(H,29,32). The van der Waals surface area contributed by atoms with Crippen molar-refractivity contribution in [2.24, 2.45) is 0 Å². The summed E-state index contributed by atoms with van der Waals surface area (Å²) >= 11 is 0. The Bertz CT molecular complexity index is 1610. The zero-order valence-corrected chi connectivity index (χ0v) is 19.8. The number of hydrogen-bond donors (Lipinski definition) is 1. The zero-order chi connectivity index (χ0) is 26.1. The molecule has 0 bridgehead atoms. The van der Waals surface area contributed by atoms with Gasteiger partial charge in [-0.2, -0.15) is 0 Å². The fourth-order valence-corrected chi connectivity index (χ4v) is 4.38. The van der Waals surface area contributed by atoms with Crippen LogP contribution in [-0.4, -0.2) is 26.4 Å². The summed E-state index contributed by atoms with van der Waals surface area (Å²) in [5.74, 6) is -0.877. The van der Waals surface area contributed by atoms with Crippen LogP contribution in [0.4, 0.5) is 11.4 Å². The van der Waals surface area contributed by atoms with E-state index >= 15 is 0 Å². The topological polar surface area (TPSA) is 133 Å². The van der Waals surface area contributed by atoms with Gasteiger partial charge in [0.05, 0.1) is 21.4 Å². The van der Waals surface area contributed by atoms with Gasteiger partial charge in [-0.25, -0.2) is 9.78 Å². The molecule has 0 spiro atoms. The Balaban J connectivity index is 1.46. The van der Waals surface area contributed by atoms with Gasteiger partial charge in [-0.15, -0.1) is 0 Å². The van der Waals surface area contributed by atoms with Gasteiger partial charge in [-0.05, 0) is 43.2 Å². The molecule has 37 heavy (non-hydrogen) atoms. The fraction of sp³-hybridized carbons (Fsp3) is 0.185. The lowest BCUT2D eigenvalue weighted by molar-refractivity contribution is -0.384. The van der Waals surface area contributed by atoms with Gasteiger partial charge in [-0.1, -0.05) is 36.4 Å². The molecular weight excluding hydrogens is 476 g/mol. The Morgan fingerprint density at radius 3 is 2.65 bits per heavy atom. The van der Waals surface area contributed by atoms with Crippen LogP contribution in [-0.2, 0) is 22.5 Å². The van der Waals surface area contributed by atoms with E-state index in [-0.39, 0.29) is 22.5 Å². The van der Waals surface area contributed by atoms with Crippen molar-refractivity contribution >= 4 is 34.2 Å². The van der Waals surface area contributed by atoms with Crippen LogP contribution in [0.3, 0.4) is 0 Å². The molecule has 10 heteroatoms. The van der Waals surface area contributed by atoms with E-state index in [1.165, 1.54) is 30.3 Å². The van der Waals surface area contributed by atoms with Crippen LogP contribution < -0.4 is 10.9 Å². The molecule has 5 rings (SSSR count). The SMILES string of the molecule is Cc1ccc(NC(=O)C(OC(=O)c2ccc3c(=O)n4c(nc3c2)CCC4)c2ccccc2)c([N+](=O)[O-])c1. The molecule has 0 aliphatic carbocycles. The molecule has 3 aromatic carbocycles. The second kappa shape index (κ2) is 9.65. The van der Waals surface area contributed by atoms with Gasteiger partial charge >= 0.3 is 5.97 Å². The Morgan fingerprint density at radius 2 is 1.89 bits per heavy atom. The zero-order valence-electron chi connectivity index (χ0n) is 19.8. The molecule has 1 atom stereocenters. The molecule has 2 heterocycles. The van der Waals surface area contributed by atoms with Crippen LogP contribution in [0.25, 0.3) is 10.9 Å². The fourth-order valence-electron chi connectivity index (χ4n) is 4.38. The molecule has 1 unspecified atom stereocenters. The summed E-state index contributed by atoms with van der Waals surface area (Å²) < 4.78 is 7.26. The molecule has 0 saturated carbocycles. The Labute approximate surface area is 210 Å². The number of carbonyl (C=O) groups excluding carboxylic acids is 2. The highest BCUT2D eigenvalue weighted by Gasteiger charge is 2.28. The number of hydrogen-bond acceptors (Lipinski definition) is 7. The van der Waals surface area contributed by atoms with E-state index in [0.717, 1.165) is 6.42 Å². The van der Waals surface area contributed by atoms with Crippen molar-refractivity contribution < 1.29 is 19.2 Å². The number of carbonyl (C=O) groups is 2. The number of nitrogens with zero attached hydrogens (tertiary/aromatic N) is 3. The normalized spacial score (nSPS) is 13.1. The molecule has 10 nitrogen and oxygen atoms in total. The van der Waals surface area contributed by atoms with E-state index in [0.29, 0.717) is 40.8 Å². The number of nitro groups is 1. The van der Waals surface area contributed by atoms with Crippen LogP contribution in [0.1, 0.15) is 39.8 Å². The first-order chi connectivity index (χ1) is 17.8. The largest absolute Gasteiger partial charge is 0.444 e. The van der Waals surface area contributed by atoms with Crippen LogP contribution in [0.15, 0.2) is 71.5 Å². The van der Waals surface area contributed by atoms with E-state index in [1.54, 1.807) is 47.9 Å². The minimum absolute atomic E-state index is 0.0122. The summed E-state index contributed by atoms with van der Waals surface area (Å²) in [6, 6.07) is 17.2. The Morgan fingerprint density at radius 1 is 1.11 bits per heavy atom. The summed E-state index contributed by atoms with van der Waals surface area (Å²) in [7, 11) is 0. The third-order valence-corrected chi connectivity index (χ3v) is 6.23. The maximum atomic E-state index is 13.3. The van der Waals surface area contributed by atoms with Crippen molar-refractivity contribution in [3.63, 3.8) is 0 Å². The minimum Gasteiger partial charge on any atom is -0.444 e. The van der Waals surface area contributed by atoms with Crippen molar-refractivity contribution in [2.45, 2.75) is 32.4 Å². The molecule has 1 amide bonds. The molecule has 0 saturated heterocycles. The Hall–Kier alpha value is -4.86. The first-order valence-corrected chi connectivity index (χ1v) is 11.7. The minimum atomic E-state index is -1.39. The molecule has 1 N–H and O–H groups in total. The highest BCUT2D eigenvalue weighted by molar-refractivity contribution is 6.00. The number of benzene rings is 3. The predicted octanol–water partition coefficient (Wildman–Crippen LogP) is 4.10. The number of anilines is 1. The smallest absolute Gasteiger partial charge is 0.339 e. The number of ether oxygens (including phenoxy) is 1. The second-order valence-corrected chi connectivity index (χ2v) is 8.78. The average molecular weight is 498 g/mol. The molecule has 1 aliphatic rings. The third kappa shape index (κ3) is 4.68. The molecule has 1 aliphatic heterocycles. The van der Waals surface area contributed by atoms with Crippen molar-refractivity contribution in [3.05, 3.63) is 110 Å². The van der Waals surface area contributed by atoms with Gasteiger partial charge < -0.3 is 10.1 Å². The van der Waals surface area contributed by atoms with Crippen molar-refractivity contribution in [2.75, 3.05) is 5.32 Å². The maximum absolute atomic E-state index is 13.3. The third-order valence-electron chi connectivity index (χ3n) is 6.23. The van der Waals surface area contributed by atoms with Gasteiger partial charge in [-0.3, -0.25) is 24.3 Å². The number of aromatic nitrogens is 2. The quantitative estimate of drug-likeness (QED) is 0.240. The molecular formula is C27H22N4O6. The average Bonchev–Trinajstić information content (AvgIpc) is 3.37. The lowest BCUT2D eigenvalue weighted by Gasteiger charge is -2.18. The summed E-state index contributed by atoms with van der Waals surface area (Å²) in [4.78, 5) is 54.6. The first kappa shape index (κ1) is 23.9. The lowest BCUT2D eigenvalue weighted by Crippen LogP contribution is -2.26. The van der Waals surface area contributed by atoms with Crippen LogP contribution >= 0.6 is 0 Å². The van der Waals surface area contributed by atoms with E-state index in [9.17, 15) is 24.5 Å². The number of fused-ring (bicyclic) bond motifs is 2. The highest BCUT2D eigenvalue weighted by atomic mass is 16.6. The van der Waals surface area contributed by atoms with Gasteiger partial charge in [0.25, 0.3) is 17.2 Å². The van der Waals surface area contributed by atoms with Crippen LogP contribution in [0, 0.1) is 17.0 Å². The molecule has 1 aromatic heterocycles. The van der Waals surface area contributed by atoms with E-state index in [2.05, 4.69) is 10.3 Å². The van der Waals surface area contributed by atoms with Crippen LogP contribution in [0.2, 0.25) is 0 Å². The Kier molecular flexibility index (Phi) is 6.22. The van der Waals surface area contributed by atoms with E-state index < -0.39 is 22.9 Å². The van der Waals surface area contributed by atoms with E-state index in [1.807, 2.05) is 0 Å². The van der Waals surface area contributed by atoms with Gasteiger partial charge in [0.2, 0.25) is 6.10 Å².